The van der Waals surface area contributed by atoms with Crippen molar-refractivity contribution in [1.29, 1.82) is 0 Å². The molecule has 1 aliphatic carbocycles. The first-order chi connectivity index (χ1) is 10.7. The van der Waals surface area contributed by atoms with Gasteiger partial charge in [-0.05, 0) is 49.1 Å². The van der Waals surface area contributed by atoms with E-state index in [1.54, 1.807) is 0 Å². The molecule has 1 aliphatic heterocycles. The second kappa shape index (κ2) is 8.73. The Balaban J connectivity index is 0.00000192. The van der Waals surface area contributed by atoms with Gasteiger partial charge in [-0.25, -0.2) is 0 Å². The van der Waals surface area contributed by atoms with E-state index in [1.165, 1.54) is 56.1 Å². The quantitative estimate of drug-likeness (QED) is 0.761. The first-order valence-electron chi connectivity index (χ1n) is 9.11. The Labute approximate surface area is 147 Å². The first-order valence-corrected chi connectivity index (χ1v) is 9.11. The number of halogens is 1. The minimum absolute atomic E-state index is 0. The summed E-state index contributed by atoms with van der Waals surface area (Å²) in [6, 6.07) is 9.10. The van der Waals surface area contributed by atoms with Crippen molar-refractivity contribution in [3.8, 4) is 0 Å². The number of carbonyl (C=O) groups is 1. The second-order valence-electron chi connectivity index (χ2n) is 7.21. The third-order valence-corrected chi connectivity index (χ3v) is 5.44. The molecular formula is C20H30ClNO. The normalized spacial score (nSPS) is 20.1. The van der Waals surface area contributed by atoms with Crippen molar-refractivity contribution in [2.75, 3.05) is 13.1 Å². The van der Waals surface area contributed by atoms with E-state index in [0.29, 0.717) is 5.91 Å². The van der Waals surface area contributed by atoms with Crippen LogP contribution in [-0.4, -0.2) is 23.9 Å². The SMILES string of the molecule is CC(Cc1ccc(C2CCCCC2)cc1)C(=O)N1CCCC1.Cl. The molecule has 2 nitrogen and oxygen atoms in total. The highest BCUT2D eigenvalue weighted by Crippen LogP contribution is 2.32. The van der Waals surface area contributed by atoms with Crippen LogP contribution >= 0.6 is 12.4 Å². The number of benzene rings is 1. The maximum absolute atomic E-state index is 12.4. The van der Waals surface area contributed by atoms with Gasteiger partial charge in [0.2, 0.25) is 5.91 Å². The van der Waals surface area contributed by atoms with E-state index < -0.39 is 0 Å². The Morgan fingerprint density at radius 1 is 1.04 bits per heavy atom. The Hall–Kier alpha value is -1.02. The van der Waals surface area contributed by atoms with E-state index in [2.05, 4.69) is 31.2 Å². The number of carbonyl (C=O) groups excluding carboxylic acids is 1. The van der Waals surface area contributed by atoms with E-state index in [4.69, 9.17) is 0 Å². The summed E-state index contributed by atoms with van der Waals surface area (Å²) in [6.45, 7) is 4.00. The smallest absolute Gasteiger partial charge is 0.225 e. The summed E-state index contributed by atoms with van der Waals surface area (Å²) >= 11 is 0. The van der Waals surface area contributed by atoms with Crippen LogP contribution in [0.1, 0.15) is 68.9 Å². The van der Waals surface area contributed by atoms with Crippen LogP contribution < -0.4 is 0 Å². The minimum atomic E-state index is 0. The molecule has 1 atom stereocenters. The summed E-state index contributed by atoms with van der Waals surface area (Å²) in [6.07, 6.45) is 10.1. The third-order valence-electron chi connectivity index (χ3n) is 5.44. The Morgan fingerprint density at radius 2 is 1.65 bits per heavy atom. The predicted octanol–water partition coefficient (Wildman–Crippen LogP) is 4.96. The van der Waals surface area contributed by atoms with Crippen molar-refractivity contribution in [3.63, 3.8) is 0 Å². The summed E-state index contributed by atoms with van der Waals surface area (Å²) < 4.78 is 0. The fourth-order valence-electron chi connectivity index (χ4n) is 4.05. The van der Waals surface area contributed by atoms with Crippen LogP contribution in [0.3, 0.4) is 0 Å². The van der Waals surface area contributed by atoms with Crippen LogP contribution in [0, 0.1) is 5.92 Å². The lowest BCUT2D eigenvalue weighted by Gasteiger charge is -2.23. The lowest BCUT2D eigenvalue weighted by molar-refractivity contribution is -0.133. The molecule has 2 aliphatic rings. The van der Waals surface area contributed by atoms with Gasteiger partial charge in [0, 0.05) is 19.0 Å². The van der Waals surface area contributed by atoms with Crippen LogP contribution in [0.25, 0.3) is 0 Å². The summed E-state index contributed by atoms with van der Waals surface area (Å²) in [5, 5.41) is 0. The van der Waals surface area contributed by atoms with Gasteiger partial charge in [0.1, 0.15) is 0 Å². The third kappa shape index (κ3) is 4.73. The lowest BCUT2D eigenvalue weighted by atomic mass is 9.83. The van der Waals surface area contributed by atoms with Crippen molar-refractivity contribution < 1.29 is 4.79 Å². The molecule has 1 aromatic rings. The van der Waals surface area contributed by atoms with Crippen LogP contribution in [0.15, 0.2) is 24.3 Å². The van der Waals surface area contributed by atoms with Gasteiger partial charge in [0.25, 0.3) is 0 Å². The molecule has 1 amide bonds. The van der Waals surface area contributed by atoms with Crippen molar-refractivity contribution in [2.45, 2.75) is 64.2 Å². The maximum Gasteiger partial charge on any atom is 0.225 e. The monoisotopic (exact) mass is 335 g/mol. The molecule has 0 spiro atoms. The summed E-state index contributed by atoms with van der Waals surface area (Å²) in [5.74, 6) is 1.22. The molecule has 2 fully saturated rings. The van der Waals surface area contributed by atoms with E-state index in [-0.39, 0.29) is 18.3 Å². The van der Waals surface area contributed by atoms with Crippen LogP contribution in [0.5, 0.6) is 0 Å². The van der Waals surface area contributed by atoms with Gasteiger partial charge < -0.3 is 4.90 Å². The molecule has 0 N–H and O–H groups in total. The summed E-state index contributed by atoms with van der Waals surface area (Å²) in [4.78, 5) is 14.4. The zero-order valence-electron chi connectivity index (χ0n) is 14.3. The highest BCUT2D eigenvalue weighted by molar-refractivity contribution is 5.85. The standard InChI is InChI=1S/C20H29NO.ClH/c1-16(20(22)21-13-5-6-14-21)15-17-9-11-19(12-10-17)18-7-3-2-4-8-18;/h9-12,16,18H,2-8,13-15H2,1H3;1H. The maximum atomic E-state index is 12.4. The molecule has 3 rings (SSSR count). The zero-order valence-corrected chi connectivity index (χ0v) is 15.1. The topological polar surface area (TPSA) is 20.3 Å². The molecule has 1 heterocycles. The van der Waals surface area contributed by atoms with Gasteiger partial charge in [-0.15, -0.1) is 12.4 Å². The van der Waals surface area contributed by atoms with Gasteiger partial charge >= 0.3 is 0 Å². The van der Waals surface area contributed by atoms with Gasteiger partial charge in [-0.1, -0.05) is 50.5 Å². The second-order valence-corrected chi connectivity index (χ2v) is 7.21. The van der Waals surface area contributed by atoms with Gasteiger partial charge in [-0.3, -0.25) is 4.79 Å². The number of likely N-dealkylation sites (tertiary alicyclic amines) is 1. The van der Waals surface area contributed by atoms with E-state index in [9.17, 15) is 4.79 Å². The minimum Gasteiger partial charge on any atom is -0.342 e. The molecule has 23 heavy (non-hydrogen) atoms. The molecule has 1 aromatic carbocycles. The molecule has 1 saturated heterocycles. The van der Waals surface area contributed by atoms with E-state index in [1.807, 2.05) is 4.90 Å². The molecular weight excluding hydrogens is 306 g/mol. The molecule has 0 aromatic heterocycles. The fourth-order valence-corrected chi connectivity index (χ4v) is 4.05. The van der Waals surface area contributed by atoms with Crippen molar-refractivity contribution in [2.24, 2.45) is 5.92 Å². The Bertz CT molecular complexity index is 487. The Morgan fingerprint density at radius 3 is 2.26 bits per heavy atom. The largest absolute Gasteiger partial charge is 0.342 e. The number of amides is 1. The molecule has 1 saturated carbocycles. The van der Waals surface area contributed by atoms with Gasteiger partial charge in [-0.2, -0.15) is 0 Å². The van der Waals surface area contributed by atoms with E-state index >= 15 is 0 Å². The number of hydrogen-bond donors (Lipinski definition) is 0. The highest BCUT2D eigenvalue weighted by Gasteiger charge is 2.23. The number of nitrogens with zero attached hydrogens (tertiary/aromatic N) is 1. The predicted molar refractivity (Wildman–Crippen MR) is 98.2 cm³/mol. The molecule has 3 heteroatoms. The zero-order chi connectivity index (χ0) is 15.4. The fraction of sp³-hybridized carbons (Fsp3) is 0.650. The van der Waals surface area contributed by atoms with Crippen LogP contribution in [0.4, 0.5) is 0 Å². The number of rotatable bonds is 4. The van der Waals surface area contributed by atoms with Crippen molar-refractivity contribution in [1.82, 2.24) is 4.90 Å². The van der Waals surface area contributed by atoms with Gasteiger partial charge in [0.15, 0.2) is 0 Å². The molecule has 128 valence electrons. The lowest BCUT2D eigenvalue weighted by Crippen LogP contribution is -2.33. The summed E-state index contributed by atoms with van der Waals surface area (Å²) in [7, 11) is 0. The summed E-state index contributed by atoms with van der Waals surface area (Å²) in [5.41, 5.74) is 2.81. The Kier molecular flexibility index (Phi) is 6.95. The molecule has 1 unspecified atom stereocenters. The van der Waals surface area contributed by atoms with Crippen molar-refractivity contribution in [3.05, 3.63) is 35.4 Å². The van der Waals surface area contributed by atoms with Gasteiger partial charge in [0.05, 0.1) is 0 Å². The van der Waals surface area contributed by atoms with Crippen LogP contribution in [0.2, 0.25) is 0 Å². The van der Waals surface area contributed by atoms with Crippen molar-refractivity contribution >= 4 is 18.3 Å². The first kappa shape index (κ1) is 18.3. The average molecular weight is 336 g/mol. The van der Waals surface area contributed by atoms with E-state index in [0.717, 1.165) is 25.4 Å². The number of hydrogen-bond acceptors (Lipinski definition) is 1. The molecule has 0 radical (unpaired) electrons. The van der Waals surface area contributed by atoms with Crippen LogP contribution in [-0.2, 0) is 11.2 Å². The average Bonchev–Trinajstić information content (AvgIpc) is 3.10. The molecule has 0 bridgehead atoms. The highest BCUT2D eigenvalue weighted by atomic mass is 35.5.